The largest absolute Gasteiger partial charge is 0.347 e. The molecule has 4 rings (SSSR count). The number of amides is 1. The Morgan fingerprint density at radius 2 is 2.00 bits per heavy atom. The van der Waals surface area contributed by atoms with E-state index in [0.29, 0.717) is 35.9 Å². The predicted molar refractivity (Wildman–Crippen MR) is 105 cm³/mol. The van der Waals surface area contributed by atoms with E-state index in [9.17, 15) is 9.59 Å². The summed E-state index contributed by atoms with van der Waals surface area (Å²) in [6, 6.07) is 3.41. The number of hydrogen-bond donors (Lipinski definition) is 1. The number of carbonyl (C=O) groups excluding carboxylic acids is 1. The predicted octanol–water partition coefficient (Wildman–Crippen LogP) is 1.21. The quantitative estimate of drug-likeness (QED) is 0.732. The Kier molecular flexibility index (Phi) is 4.58. The first-order chi connectivity index (χ1) is 13.4. The lowest BCUT2D eigenvalue weighted by Gasteiger charge is -2.32. The second-order valence-corrected chi connectivity index (χ2v) is 7.40. The summed E-state index contributed by atoms with van der Waals surface area (Å²) in [5.41, 5.74) is 2.58. The fourth-order valence-electron chi connectivity index (χ4n) is 3.60. The van der Waals surface area contributed by atoms with Crippen LogP contribution in [-0.4, -0.2) is 62.6 Å². The first-order valence-corrected chi connectivity index (χ1v) is 9.30. The molecule has 4 heterocycles. The Labute approximate surface area is 162 Å². The molecule has 9 nitrogen and oxygen atoms in total. The number of fused-ring (bicyclic) bond motifs is 1. The number of likely N-dealkylation sites (tertiary alicyclic amines) is 1. The topological polar surface area (TPSA) is 99.5 Å². The van der Waals surface area contributed by atoms with Crippen LogP contribution in [-0.2, 0) is 0 Å². The number of anilines is 1. The first-order valence-electron chi connectivity index (χ1n) is 9.30. The van der Waals surface area contributed by atoms with Crippen LogP contribution in [0.1, 0.15) is 40.5 Å². The molecule has 0 aliphatic carbocycles. The molecule has 0 aromatic carbocycles. The van der Waals surface area contributed by atoms with Gasteiger partial charge in [-0.25, -0.2) is 19.5 Å². The average Bonchev–Trinajstić information content (AvgIpc) is 3.12. The van der Waals surface area contributed by atoms with Crippen molar-refractivity contribution in [2.45, 2.75) is 25.7 Å². The van der Waals surface area contributed by atoms with E-state index in [0.717, 1.165) is 18.5 Å². The summed E-state index contributed by atoms with van der Waals surface area (Å²) in [5.74, 6) is 0.623. The molecule has 1 aliphatic rings. The van der Waals surface area contributed by atoms with Crippen LogP contribution in [0.3, 0.4) is 0 Å². The van der Waals surface area contributed by atoms with Crippen molar-refractivity contribution in [3.05, 3.63) is 51.8 Å². The fourth-order valence-corrected chi connectivity index (χ4v) is 3.60. The van der Waals surface area contributed by atoms with E-state index in [2.05, 4.69) is 20.1 Å². The van der Waals surface area contributed by atoms with E-state index in [-0.39, 0.29) is 17.4 Å². The van der Waals surface area contributed by atoms with E-state index in [1.165, 1.54) is 10.6 Å². The Morgan fingerprint density at radius 3 is 2.71 bits per heavy atom. The molecule has 1 unspecified atom stereocenters. The minimum Gasteiger partial charge on any atom is -0.347 e. The minimum atomic E-state index is -0.129. The van der Waals surface area contributed by atoms with Gasteiger partial charge in [0.2, 0.25) is 5.95 Å². The maximum absolute atomic E-state index is 12.9. The van der Waals surface area contributed by atoms with Gasteiger partial charge < -0.3 is 9.80 Å². The number of nitrogens with zero attached hydrogens (tertiary/aromatic N) is 6. The highest BCUT2D eigenvalue weighted by atomic mass is 16.2. The molecule has 0 spiro atoms. The Morgan fingerprint density at radius 1 is 1.25 bits per heavy atom. The van der Waals surface area contributed by atoms with Crippen molar-refractivity contribution in [1.82, 2.24) is 29.5 Å². The number of aryl methyl sites for hydroxylation is 1. The number of aromatic nitrogens is 5. The van der Waals surface area contributed by atoms with Gasteiger partial charge in [-0.1, -0.05) is 0 Å². The summed E-state index contributed by atoms with van der Waals surface area (Å²) in [6.45, 7) is 3.08. The summed E-state index contributed by atoms with van der Waals surface area (Å²) in [7, 11) is 3.71. The van der Waals surface area contributed by atoms with Gasteiger partial charge in [0.1, 0.15) is 0 Å². The van der Waals surface area contributed by atoms with Gasteiger partial charge in [0.25, 0.3) is 11.5 Å². The van der Waals surface area contributed by atoms with Crippen LogP contribution in [0.5, 0.6) is 0 Å². The molecule has 1 N–H and O–H groups in total. The van der Waals surface area contributed by atoms with E-state index in [4.69, 9.17) is 0 Å². The normalized spacial score (nSPS) is 17.1. The van der Waals surface area contributed by atoms with E-state index in [1.807, 2.05) is 25.1 Å². The zero-order valence-corrected chi connectivity index (χ0v) is 16.2. The number of rotatable bonds is 3. The van der Waals surface area contributed by atoms with Crippen molar-refractivity contribution in [2.75, 3.05) is 32.1 Å². The van der Waals surface area contributed by atoms with Crippen molar-refractivity contribution in [3.63, 3.8) is 0 Å². The van der Waals surface area contributed by atoms with Crippen molar-refractivity contribution < 1.29 is 4.79 Å². The van der Waals surface area contributed by atoms with Gasteiger partial charge in [0, 0.05) is 69.0 Å². The van der Waals surface area contributed by atoms with Gasteiger partial charge in [-0.3, -0.25) is 14.7 Å². The first kappa shape index (κ1) is 18.1. The third kappa shape index (κ3) is 3.35. The number of carbonyl (C=O) groups is 1. The van der Waals surface area contributed by atoms with Crippen LogP contribution >= 0.6 is 0 Å². The molecule has 3 aromatic heterocycles. The third-order valence-corrected chi connectivity index (χ3v) is 5.03. The lowest BCUT2D eigenvalue weighted by atomic mass is 9.94. The Bertz CT molecular complexity index is 1070. The van der Waals surface area contributed by atoms with Crippen molar-refractivity contribution >= 4 is 17.5 Å². The van der Waals surface area contributed by atoms with E-state index in [1.54, 1.807) is 24.2 Å². The molecule has 146 valence electrons. The molecule has 1 atom stereocenters. The number of piperidine rings is 1. The molecule has 28 heavy (non-hydrogen) atoms. The zero-order valence-electron chi connectivity index (χ0n) is 16.2. The van der Waals surface area contributed by atoms with Gasteiger partial charge in [0.15, 0.2) is 5.65 Å². The van der Waals surface area contributed by atoms with Crippen molar-refractivity contribution in [3.8, 4) is 0 Å². The maximum atomic E-state index is 12.9. The standard InChI is InChI=1S/C19H23N7O2/c1-12-7-17(27)26-16(22-12)8-15(23-26)13-5-4-6-25(11-13)18(28)14-9-20-19(21-10-14)24(2)3/h7-10,13,23H,4-6,11H2,1-3H3. The van der Waals surface area contributed by atoms with Crippen LogP contribution in [0, 0.1) is 6.92 Å². The minimum absolute atomic E-state index is 0.0720. The molecule has 3 aromatic rings. The molecular weight excluding hydrogens is 358 g/mol. The van der Waals surface area contributed by atoms with Gasteiger partial charge in [0.05, 0.1) is 5.56 Å². The molecule has 1 aliphatic heterocycles. The maximum Gasteiger partial charge on any atom is 0.272 e. The second kappa shape index (κ2) is 7.06. The van der Waals surface area contributed by atoms with E-state index < -0.39 is 0 Å². The van der Waals surface area contributed by atoms with Gasteiger partial charge >= 0.3 is 0 Å². The molecule has 1 saturated heterocycles. The van der Waals surface area contributed by atoms with Crippen LogP contribution < -0.4 is 10.5 Å². The summed E-state index contributed by atoms with van der Waals surface area (Å²) in [4.78, 5) is 41.5. The van der Waals surface area contributed by atoms with Gasteiger partial charge in [-0.05, 0) is 19.8 Å². The van der Waals surface area contributed by atoms with Crippen molar-refractivity contribution in [1.29, 1.82) is 0 Å². The van der Waals surface area contributed by atoms with E-state index >= 15 is 0 Å². The molecule has 1 fully saturated rings. The van der Waals surface area contributed by atoms with Gasteiger partial charge in [-0.15, -0.1) is 0 Å². The highest BCUT2D eigenvalue weighted by molar-refractivity contribution is 5.93. The summed E-state index contributed by atoms with van der Waals surface area (Å²) in [6.07, 6.45) is 4.98. The lowest BCUT2D eigenvalue weighted by molar-refractivity contribution is 0.0705. The van der Waals surface area contributed by atoms with Crippen LogP contribution in [0.15, 0.2) is 29.3 Å². The monoisotopic (exact) mass is 381 g/mol. The Balaban J connectivity index is 1.55. The van der Waals surface area contributed by atoms with Crippen LogP contribution in [0.2, 0.25) is 0 Å². The molecule has 0 bridgehead atoms. The Hall–Kier alpha value is -3.23. The molecule has 0 saturated carbocycles. The summed E-state index contributed by atoms with van der Waals surface area (Å²) in [5, 5.41) is 3.15. The van der Waals surface area contributed by atoms with Crippen LogP contribution in [0.4, 0.5) is 5.95 Å². The number of nitrogens with one attached hydrogen (secondary N) is 1. The smallest absolute Gasteiger partial charge is 0.272 e. The number of H-pyrrole nitrogens is 1. The second-order valence-electron chi connectivity index (χ2n) is 7.40. The molecule has 9 heteroatoms. The van der Waals surface area contributed by atoms with Crippen molar-refractivity contribution in [2.24, 2.45) is 0 Å². The van der Waals surface area contributed by atoms with Gasteiger partial charge in [-0.2, -0.15) is 0 Å². The molecular formula is C19H23N7O2. The lowest BCUT2D eigenvalue weighted by Crippen LogP contribution is -2.39. The fraction of sp³-hybridized carbons (Fsp3) is 0.421. The molecule has 0 radical (unpaired) electrons. The average molecular weight is 381 g/mol. The highest BCUT2D eigenvalue weighted by Crippen LogP contribution is 2.27. The molecule has 1 amide bonds. The van der Waals surface area contributed by atoms with Crippen LogP contribution in [0.25, 0.3) is 5.65 Å². The SMILES string of the molecule is Cc1cc(=O)n2[nH]c(C3CCCN(C(=O)c4cnc(N(C)C)nc4)C3)cc2n1. The zero-order chi connectivity index (χ0) is 19.8. The third-order valence-electron chi connectivity index (χ3n) is 5.03. The summed E-state index contributed by atoms with van der Waals surface area (Å²) < 4.78 is 1.46. The number of hydrogen-bond acceptors (Lipinski definition) is 6. The number of aromatic amines is 1. The highest BCUT2D eigenvalue weighted by Gasteiger charge is 2.27. The summed E-state index contributed by atoms with van der Waals surface area (Å²) >= 11 is 0.